The van der Waals surface area contributed by atoms with Crippen LogP contribution in [0.2, 0.25) is 0 Å². The molecule has 0 unspecified atom stereocenters. The standard InChI is InChI=1S/C12H22N2/c1-13(2,3)11-9-7-8-10-12(11)14(4,5)6/h7-10H,1-6H3/q+2. The van der Waals surface area contributed by atoms with Crippen LogP contribution in [0, 0.1) is 0 Å². The third-order valence-corrected chi connectivity index (χ3v) is 2.33. The van der Waals surface area contributed by atoms with E-state index in [9.17, 15) is 0 Å². The van der Waals surface area contributed by atoms with E-state index >= 15 is 0 Å². The van der Waals surface area contributed by atoms with Crippen molar-refractivity contribution in [1.82, 2.24) is 8.97 Å². The molecule has 0 radical (unpaired) electrons. The van der Waals surface area contributed by atoms with Crippen molar-refractivity contribution >= 4 is 11.4 Å². The Morgan fingerprint density at radius 3 is 1.14 bits per heavy atom. The van der Waals surface area contributed by atoms with Crippen molar-refractivity contribution in [2.24, 2.45) is 0 Å². The highest BCUT2D eigenvalue weighted by atomic mass is 15.3. The lowest BCUT2D eigenvalue weighted by molar-refractivity contribution is 0.444. The maximum atomic E-state index is 2.21. The zero-order chi connectivity index (χ0) is 11.0. The van der Waals surface area contributed by atoms with E-state index in [2.05, 4.69) is 66.6 Å². The molecular formula is C12H22N2+2. The summed E-state index contributed by atoms with van der Waals surface area (Å²) in [5, 5.41) is 0. The Balaban J connectivity index is 3.31. The van der Waals surface area contributed by atoms with Gasteiger partial charge in [-0.15, -0.1) is 0 Å². The maximum Gasteiger partial charge on any atom is 0.193 e. The molecule has 1 aromatic carbocycles. The van der Waals surface area contributed by atoms with Crippen molar-refractivity contribution in [2.75, 3.05) is 42.3 Å². The molecule has 0 heterocycles. The van der Waals surface area contributed by atoms with E-state index < -0.39 is 0 Å². The number of para-hydroxylation sites is 2. The van der Waals surface area contributed by atoms with Crippen molar-refractivity contribution in [3.05, 3.63) is 24.3 Å². The predicted octanol–water partition coefficient (Wildman–Crippen LogP) is 2.08. The molecule has 0 aliphatic heterocycles. The minimum absolute atomic E-state index is 0.867. The van der Waals surface area contributed by atoms with E-state index in [1.54, 1.807) is 0 Å². The second-order valence-corrected chi connectivity index (χ2v) is 5.51. The largest absolute Gasteiger partial charge is 0.293 e. The monoisotopic (exact) mass is 194 g/mol. The fraction of sp³-hybridized carbons (Fsp3) is 0.500. The van der Waals surface area contributed by atoms with Gasteiger partial charge >= 0.3 is 0 Å². The number of hydrogen-bond acceptors (Lipinski definition) is 0. The molecular weight excluding hydrogens is 172 g/mol. The summed E-state index contributed by atoms with van der Waals surface area (Å²) in [5.74, 6) is 0. The molecule has 0 fully saturated rings. The van der Waals surface area contributed by atoms with Gasteiger partial charge in [-0.05, 0) is 0 Å². The molecule has 0 aliphatic rings. The fourth-order valence-electron chi connectivity index (χ4n) is 1.60. The molecule has 14 heavy (non-hydrogen) atoms. The maximum absolute atomic E-state index is 2.21. The molecule has 0 saturated heterocycles. The van der Waals surface area contributed by atoms with Crippen molar-refractivity contribution in [3.63, 3.8) is 0 Å². The van der Waals surface area contributed by atoms with E-state index in [1.807, 2.05) is 0 Å². The van der Waals surface area contributed by atoms with Gasteiger partial charge in [0.05, 0.1) is 42.3 Å². The molecule has 0 atom stereocenters. The highest BCUT2D eigenvalue weighted by Crippen LogP contribution is 2.32. The molecule has 0 bridgehead atoms. The minimum Gasteiger partial charge on any atom is -0.293 e. The van der Waals surface area contributed by atoms with E-state index in [0.29, 0.717) is 0 Å². The Bertz CT molecular complexity index is 283. The highest BCUT2D eigenvalue weighted by Gasteiger charge is 2.25. The Morgan fingerprint density at radius 1 is 0.643 bits per heavy atom. The van der Waals surface area contributed by atoms with Gasteiger partial charge in [0.15, 0.2) is 11.4 Å². The van der Waals surface area contributed by atoms with Gasteiger partial charge in [-0.25, -0.2) is 0 Å². The van der Waals surface area contributed by atoms with Gasteiger partial charge in [0.1, 0.15) is 0 Å². The molecule has 0 amide bonds. The Hall–Kier alpha value is -0.860. The predicted molar refractivity (Wildman–Crippen MR) is 65.6 cm³/mol. The van der Waals surface area contributed by atoms with Crippen LogP contribution in [0.1, 0.15) is 0 Å². The van der Waals surface area contributed by atoms with Gasteiger partial charge in [0.2, 0.25) is 0 Å². The zero-order valence-corrected chi connectivity index (χ0v) is 10.2. The number of hydrogen-bond donors (Lipinski definition) is 0. The van der Waals surface area contributed by atoms with E-state index in [-0.39, 0.29) is 0 Å². The normalized spacial score (nSPS) is 13.0. The van der Waals surface area contributed by atoms with Crippen LogP contribution < -0.4 is 8.97 Å². The van der Waals surface area contributed by atoms with E-state index in [4.69, 9.17) is 0 Å². The van der Waals surface area contributed by atoms with Gasteiger partial charge in [-0.1, -0.05) is 12.1 Å². The van der Waals surface area contributed by atoms with Gasteiger partial charge in [-0.3, -0.25) is 8.97 Å². The summed E-state index contributed by atoms with van der Waals surface area (Å²) in [6, 6.07) is 8.63. The number of nitrogens with zero attached hydrogens (tertiary/aromatic N) is 2. The average Bonchev–Trinajstić information content (AvgIpc) is 2.01. The molecule has 0 N–H and O–H groups in total. The lowest BCUT2D eigenvalue weighted by atomic mass is 10.2. The molecule has 2 heteroatoms. The molecule has 0 saturated carbocycles. The van der Waals surface area contributed by atoms with E-state index in [0.717, 1.165) is 8.97 Å². The molecule has 1 aromatic rings. The van der Waals surface area contributed by atoms with Gasteiger partial charge in [-0.2, -0.15) is 0 Å². The first-order valence-corrected chi connectivity index (χ1v) is 4.96. The van der Waals surface area contributed by atoms with Gasteiger partial charge in [0.25, 0.3) is 0 Å². The average molecular weight is 194 g/mol. The lowest BCUT2D eigenvalue weighted by Crippen LogP contribution is -2.41. The van der Waals surface area contributed by atoms with Crippen LogP contribution in [-0.2, 0) is 0 Å². The first-order valence-electron chi connectivity index (χ1n) is 4.96. The zero-order valence-electron chi connectivity index (χ0n) is 10.2. The van der Waals surface area contributed by atoms with Crippen LogP contribution >= 0.6 is 0 Å². The molecule has 1 rings (SSSR count). The summed E-state index contributed by atoms with van der Waals surface area (Å²) in [5.41, 5.74) is 2.75. The first kappa shape index (κ1) is 11.2. The summed E-state index contributed by atoms with van der Waals surface area (Å²) in [7, 11) is 13.2. The second kappa shape index (κ2) is 3.37. The van der Waals surface area contributed by atoms with Crippen LogP contribution in [0.4, 0.5) is 11.4 Å². The SMILES string of the molecule is C[N+](C)(C)c1ccccc1[N+](C)(C)C. The summed E-state index contributed by atoms with van der Waals surface area (Å²) in [4.78, 5) is 0. The summed E-state index contributed by atoms with van der Waals surface area (Å²) < 4.78 is 1.73. The van der Waals surface area contributed by atoms with Crippen LogP contribution in [0.5, 0.6) is 0 Å². The second-order valence-electron chi connectivity index (χ2n) is 5.51. The lowest BCUT2D eigenvalue weighted by Gasteiger charge is -2.31. The number of rotatable bonds is 2. The van der Waals surface area contributed by atoms with Crippen molar-refractivity contribution in [3.8, 4) is 0 Å². The first-order chi connectivity index (χ1) is 6.23. The molecule has 0 aromatic heterocycles. The minimum atomic E-state index is 0.867. The van der Waals surface area contributed by atoms with E-state index in [1.165, 1.54) is 11.4 Å². The van der Waals surface area contributed by atoms with Crippen LogP contribution in [0.3, 0.4) is 0 Å². The van der Waals surface area contributed by atoms with Gasteiger partial charge in [0, 0.05) is 12.1 Å². The van der Waals surface area contributed by atoms with Crippen LogP contribution in [0.25, 0.3) is 0 Å². The highest BCUT2D eigenvalue weighted by molar-refractivity contribution is 5.65. The Labute approximate surface area is 87.6 Å². The summed E-state index contributed by atoms with van der Waals surface area (Å²) in [6.07, 6.45) is 0. The molecule has 2 nitrogen and oxygen atoms in total. The van der Waals surface area contributed by atoms with Crippen molar-refractivity contribution < 1.29 is 0 Å². The number of benzene rings is 1. The Kier molecular flexibility index (Phi) is 2.70. The summed E-state index contributed by atoms with van der Waals surface area (Å²) in [6.45, 7) is 0. The van der Waals surface area contributed by atoms with Gasteiger partial charge < -0.3 is 0 Å². The molecule has 0 aliphatic carbocycles. The third kappa shape index (κ3) is 2.34. The number of quaternary nitrogens is 2. The fourth-order valence-corrected chi connectivity index (χ4v) is 1.60. The quantitative estimate of drug-likeness (QED) is 0.632. The van der Waals surface area contributed by atoms with Crippen LogP contribution in [0.15, 0.2) is 24.3 Å². The topological polar surface area (TPSA) is 0 Å². The smallest absolute Gasteiger partial charge is 0.193 e. The molecule has 0 spiro atoms. The van der Waals surface area contributed by atoms with Crippen LogP contribution in [-0.4, -0.2) is 42.3 Å². The van der Waals surface area contributed by atoms with Crippen molar-refractivity contribution in [1.29, 1.82) is 0 Å². The Morgan fingerprint density at radius 2 is 0.929 bits per heavy atom. The molecule has 78 valence electrons. The third-order valence-electron chi connectivity index (χ3n) is 2.33. The van der Waals surface area contributed by atoms with Crippen molar-refractivity contribution in [2.45, 2.75) is 0 Å². The summed E-state index contributed by atoms with van der Waals surface area (Å²) >= 11 is 0.